The number of aryl methyl sites for hydroxylation is 2. The minimum Gasteiger partial charge on any atom is -0.376 e. The first-order valence-corrected chi connectivity index (χ1v) is 11.7. The molecule has 0 amide bonds. The van der Waals surface area contributed by atoms with Crippen LogP contribution in [0.2, 0.25) is 0 Å². The van der Waals surface area contributed by atoms with Gasteiger partial charge in [-0.25, -0.2) is 0 Å². The number of thiocarbonyl (C=S) groups is 1. The second-order valence-corrected chi connectivity index (χ2v) is 9.15. The van der Waals surface area contributed by atoms with Crippen molar-refractivity contribution in [2.45, 2.75) is 52.3 Å². The van der Waals surface area contributed by atoms with Crippen LogP contribution in [0.25, 0.3) is 10.9 Å². The van der Waals surface area contributed by atoms with Crippen molar-refractivity contribution in [3.05, 3.63) is 81.1 Å². The van der Waals surface area contributed by atoms with E-state index in [0.717, 1.165) is 35.9 Å². The van der Waals surface area contributed by atoms with E-state index in [1.165, 1.54) is 11.1 Å². The normalized spacial score (nSPS) is 16.8. The van der Waals surface area contributed by atoms with Crippen LogP contribution >= 0.6 is 12.2 Å². The van der Waals surface area contributed by atoms with E-state index >= 15 is 0 Å². The predicted octanol–water partition coefficient (Wildman–Crippen LogP) is 4.76. The maximum atomic E-state index is 12.9. The maximum absolute atomic E-state index is 12.9. The molecule has 2 N–H and O–H groups in total. The monoisotopic (exact) mass is 449 g/mol. The summed E-state index contributed by atoms with van der Waals surface area (Å²) in [4.78, 5) is 18.1. The molecule has 4 rings (SSSR count). The van der Waals surface area contributed by atoms with Crippen LogP contribution in [-0.2, 0) is 11.3 Å². The third kappa shape index (κ3) is 5.19. The molecular weight excluding hydrogens is 418 g/mol. The quantitative estimate of drug-likeness (QED) is 0.532. The lowest BCUT2D eigenvalue weighted by atomic mass is 10.0. The molecule has 1 saturated heterocycles. The molecule has 1 aromatic heterocycles. The van der Waals surface area contributed by atoms with Gasteiger partial charge in [0.2, 0.25) is 0 Å². The van der Waals surface area contributed by atoms with Crippen molar-refractivity contribution in [1.82, 2.24) is 15.2 Å². The minimum absolute atomic E-state index is 0.0656. The van der Waals surface area contributed by atoms with E-state index in [1.54, 1.807) is 0 Å². The molecule has 32 heavy (non-hydrogen) atoms. The highest BCUT2D eigenvalue weighted by Crippen LogP contribution is 2.20. The average Bonchev–Trinajstić information content (AvgIpc) is 3.28. The maximum Gasteiger partial charge on any atom is 0.253 e. The number of aromatic amines is 1. The molecule has 6 heteroatoms. The summed E-state index contributed by atoms with van der Waals surface area (Å²) in [5.74, 6) is 0. The van der Waals surface area contributed by atoms with Crippen LogP contribution in [0.5, 0.6) is 0 Å². The number of nitrogens with one attached hydrogen (secondary N) is 2. The van der Waals surface area contributed by atoms with Crippen molar-refractivity contribution >= 4 is 28.2 Å². The lowest BCUT2D eigenvalue weighted by Gasteiger charge is -2.30. The van der Waals surface area contributed by atoms with Crippen LogP contribution < -0.4 is 10.9 Å². The predicted molar refractivity (Wildman–Crippen MR) is 134 cm³/mol. The number of H-pyrrole nitrogens is 1. The number of hydrogen-bond acceptors (Lipinski definition) is 3. The number of aromatic nitrogens is 1. The summed E-state index contributed by atoms with van der Waals surface area (Å²) >= 11 is 5.81. The summed E-state index contributed by atoms with van der Waals surface area (Å²) in [5, 5.41) is 5.14. The smallest absolute Gasteiger partial charge is 0.253 e. The zero-order valence-electron chi connectivity index (χ0n) is 19.0. The van der Waals surface area contributed by atoms with Gasteiger partial charge in [-0.1, -0.05) is 42.0 Å². The van der Waals surface area contributed by atoms with Gasteiger partial charge in [-0.3, -0.25) is 4.79 Å². The number of benzene rings is 2. The molecule has 2 heterocycles. The fourth-order valence-corrected chi connectivity index (χ4v) is 4.73. The van der Waals surface area contributed by atoms with E-state index in [2.05, 4.69) is 53.3 Å². The molecule has 0 radical (unpaired) electrons. The summed E-state index contributed by atoms with van der Waals surface area (Å²) in [6.45, 7) is 8.08. The van der Waals surface area contributed by atoms with Gasteiger partial charge in [0.25, 0.3) is 5.56 Å². The van der Waals surface area contributed by atoms with Gasteiger partial charge in [0.05, 0.1) is 24.2 Å². The number of hydrogen-bond donors (Lipinski definition) is 2. The van der Waals surface area contributed by atoms with Gasteiger partial charge in [-0.2, -0.15) is 0 Å². The zero-order chi connectivity index (χ0) is 22.7. The van der Waals surface area contributed by atoms with Crippen molar-refractivity contribution in [2.75, 3.05) is 13.2 Å². The molecule has 2 atom stereocenters. The van der Waals surface area contributed by atoms with E-state index in [4.69, 9.17) is 17.0 Å². The molecule has 1 aliphatic heterocycles. The number of pyridine rings is 1. The summed E-state index contributed by atoms with van der Waals surface area (Å²) in [5.41, 5.74) is 4.96. The molecule has 1 fully saturated rings. The Bertz CT molecular complexity index is 1150. The zero-order valence-corrected chi connectivity index (χ0v) is 19.8. The summed E-state index contributed by atoms with van der Waals surface area (Å²) < 4.78 is 5.88. The molecule has 168 valence electrons. The Kier molecular flexibility index (Phi) is 6.92. The van der Waals surface area contributed by atoms with E-state index in [1.807, 2.05) is 31.2 Å². The van der Waals surface area contributed by atoms with E-state index in [9.17, 15) is 4.79 Å². The fourth-order valence-electron chi connectivity index (χ4n) is 4.41. The van der Waals surface area contributed by atoms with Gasteiger partial charge in [0.15, 0.2) is 5.11 Å². The third-order valence-corrected chi connectivity index (χ3v) is 6.48. The van der Waals surface area contributed by atoms with Crippen molar-refractivity contribution in [3.8, 4) is 0 Å². The fraction of sp³-hybridized carbons (Fsp3) is 0.385. The van der Waals surface area contributed by atoms with Crippen LogP contribution in [-0.4, -0.2) is 34.3 Å². The van der Waals surface area contributed by atoms with Crippen LogP contribution in [0.1, 0.15) is 48.1 Å². The number of rotatable bonds is 6. The van der Waals surface area contributed by atoms with Crippen LogP contribution in [0.3, 0.4) is 0 Å². The average molecular weight is 450 g/mol. The van der Waals surface area contributed by atoms with Crippen molar-refractivity contribution in [2.24, 2.45) is 0 Å². The van der Waals surface area contributed by atoms with Gasteiger partial charge in [-0.05, 0) is 74.5 Å². The molecule has 2 aromatic carbocycles. The Morgan fingerprint density at radius 1 is 1.25 bits per heavy atom. The number of ether oxygens (including phenoxy) is 1. The molecule has 0 aliphatic carbocycles. The minimum atomic E-state index is -0.0688. The Hall–Kier alpha value is -2.70. The second kappa shape index (κ2) is 9.84. The SMILES string of the molecule is Cc1cc(C)c2[nH]c(=O)c(CN(CC3CCCO3)C(=S)NC(C)c3ccccc3)cc2c1. The molecule has 0 spiro atoms. The first-order chi connectivity index (χ1) is 15.4. The highest BCUT2D eigenvalue weighted by Gasteiger charge is 2.23. The second-order valence-electron chi connectivity index (χ2n) is 8.77. The van der Waals surface area contributed by atoms with E-state index in [0.29, 0.717) is 23.8 Å². The van der Waals surface area contributed by atoms with Crippen molar-refractivity contribution in [3.63, 3.8) is 0 Å². The molecule has 2 unspecified atom stereocenters. The summed E-state index contributed by atoms with van der Waals surface area (Å²) in [6, 6.07) is 16.5. The Morgan fingerprint density at radius 2 is 2.03 bits per heavy atom. The molecule has 5 nitrogen and oxygen atoms in total. The van der Waals surface area contributed by atoms with Gasteiger partial charge in [-0.15, -0.1) is 0 Å². The van der Waals surface area contributed by atoms with Crippen LogP contribution in [0, 0.1) is 13.8 Å². The third-order valence-electron chi connectivity index (χ3n) is 6.11. The number of fused-ring (bicyclic) bond motifs is 1. The van der Waals surface area contributed by atoms with Gasteiger partial charge >= 0.3 is 0 Å². The molecule has 0 saturated carbocycles. The summed E-state index contributed by atoms with van der Waals surface area (Å²) in [7, 11) is 0. The first-order valence-electron chi connectivity index (χ1n) is 11.3. The van der Waals surface area contributed by atoms with E-state index in [-0.39, 0.29) is 17.7 Å². The molecule has 3 aromatic rings. The Balaban J connectivity index is 1.59. The Labute approximate surface area is 194 Å². The molecule has 1 aliphatic rings. The molecule has 0 bridgehead atoms. The lowest BCUT2D eigenvalue weighted by Crippen LogP contribution is -2.44. The van der Waals surface area contributed by atoms with Crippen molar-refractivity contribution in [1.29, 1.82) is 0 Å². The Morgan fingerprint density at radius 3 is 2.75 bits per heavy atom. The van der Waals surface area contributed by atoms with Crippen LogP contribution in [0.4, 0.5) is 0 Å². The highest BCUT2D eigenvalue weighted by molar-refractivity contribution is 7.80. The van der Waals surface area contributed by atoms with Gasteiger partial charge in [0, 0.05) is 18.7 Å². The van der Waals surface area contributed by atoms with Crippen molar-refractivity contribution < 1.29 is 4.74 Å². The standard InChI is InChI=1S/C26H31N3O2S/c1-17-12-18(2)24-21(13-17)14-22(25(30)28-24)15-29(16-23-10-7-11-31-23)26(32)27-19(3)20-8-5-4-6-9-20/h4-6,8-9,12-14,19,23H,7,10-11,15-16H2,1-3H3,(H,27,32)(H,28,30). The van der Waals surface area contributed by atoms with Gasteiger partial charge in [0.1, 0.15) is 0 Å². The summed E-state index contributed by atoms with van der Waals surface area (Å²) in [6.07, 6.45) is 2.21. The highest BCUT2D eigenvalue weighted by atomic mass is 32.1. The topological polar surface area (TPSA) is 57.4 Å². The largest absolute Gasteiger partial charge is 0.376 e. The first kappa shape index (κ1) is 22.5. The number of nitrogens with zero attached hydrogens (tertiary/aromatic N) is 1. The van der Waals surface area contributed by atoms with Gasteiger partial charge < -0.3 is 19.9 Å². The molecular formula is C26H31N3O2S. The lowest BCUT2D eigenvalue weighted by molar-refractivity contribution is 0.0895. The van der Waals surface area contributed by atoms with Crippen LogP contribution in [0.15, 0.2) is 53.3 Å². The van der Waals surface area contributed by atoms with E-state index < -0.39 is 0 Å².